The van der Waals surface area contributed by atoms with Crippen molar-refractivity contribution in [1.82, 2.24) is 0 Å². The van der Waals surface area contributed by atoms with Crippen LogP contribution >= 0.6 is 0 Å². The first kappa shape index (κ1) is 33.3. The van der Waals surface area contributed by atoms with E-state index in [0.29, 0.717) is 40.7 Å². The Labute approximate surface area is 254 Å². The first-order valence-corrected chi connectivity index (χ1v) is 15.5. The van der Waals surface area contributed by atoms with Crippen LogP contribution in [0.5, 0.6) is 0 Å². The second-order valence-corrected chi connectivity index (χ2v) is 13.5. The van der Waals surface area contributed by atoms with Gasteiger partial charge in [0.15, 0.2) is 0 Å². The van der Waals surface area contributed by atoms with Crippen molar-refractivity contribution in [2.75, 3.05) is 0 Å². The lowest BCUT2D eigenvalue weighted by molar-refractivity contribution is -0.288. The molecule has 0 aliphatic heterocycles. The SMILES string of the molecule is Cc1ccc(C(c2ccc(CCc3ccc(S(=O)(=O)c4ccc(C)c(C)c4)cc3C)c(C)c2)(C(F)(F)F)C(F)(F)F)cc1C. The lowest BCUT2D eigenvalue weighted by Gasteiger charge is -2.39. The van der Waals surface area contributed by atoms with Crippen LogP contribution in [0.1, 0.15) is 55.6 Å². The van der Waals surface area contributed by atoms with Gasteiger partial charge in [-0.15, -0.1) is 0 Å². The van der Waals surface area contributed by atoms with E-state index in [1.54, 1.807) is 44.2 Å². The predicted octanol–water partition coefficient (Wildman–Crippen LogP) is 9.57. The molecule has 0 aromatic heterocycles. The summed E-state index contributed by atoms with van der Waals surface area (Å²) in [5.74, 6) is 0. The Bertz CT molecular complexity index is 1800. The van der Waals surface area contributed by atoms with Gasteiger partial charge in [0, 0.05) is 0 Å². The minimum Gasteiger partial charge on any atom is -0.219 e. The number of hydrogen-bond donors (Lipinski definition) is 0. The average molecular weight is 633 g/mol. The quantitative estimate of drug-likeness (QED) is 0.190. The summed E-state index contributed by atoms with van der Waals surface area (Å²) >= 11 is 0. The highest BCUT2D eigenvalue weighted by Gasteiger charge is 2.72. The normalized spacial score (nSPS) is 12.9. The number of hydrogen-bond acceptors (Lipinski definition) is 2. The standard InChI is InChI=1S/C35H34F6O2S/c1-21-7-13-29(17-23(21)3)33(34(36,37)38,35(39,40)41)30-14-11-27(25(5)18-30)9-10-28-12-16-32(20-26(28)6)44(42,43)31-15-8-22(2)24(4)19-31/h7-8,11-20H,9-10H2,1-6H3. The van der Waals surface area contributed by atoms with Crippen LogP contribution in [-0.2, 0) is 28.1 Å². The number of halogens is 6. The molecule has 0 fully saturated rings. The molecule has 0 unspecified atom stereocenters. The summed E-state index contributed by atoms with van der Waals surface area (Å²) in [6, 6.07) is 16.1. The first-order chi connectivity index (χ1) is 20.3. The van der Waals surface area contributed by atoms with Crippen LogP contribution in [0.4, 0.5) is 26.3 Å². The molecule has 0 spiro atoms. The predicted molar refractivity (Wildman–Crippen MR) is 160 cm³/mol. The van der Waals surface area contributed by atoms with Gasteiger partial charge >= 0.3 is 12.4 Å². The van der Waals surface area contributed by atoms with E-state index in [0.717, 1.165) is 41.0 Å². The lowest BCUT2D eigenvalue weighted by Crippen LogP contribution is -2.54. The Kier molecular flexibility index (Phi) is 8.88. The molecule has 44 heavy (non-hydrogen) atoms. The molecule has 234 valence electrons. The van der Waals surface area contributed by atoms with Crippen molar-refractivity contribution in [1.29, 1.82) is 0 Å². The van der Waals surface area contributed by atoms with Gasteiger partial charge in [-0.3, -0.25) is 0 Å². The maximum atomic E-state index is 14.6. The fraction of sp³-hybridized carbons (Fsp3) is 0.314. The van der Waals surface area contributed by atoms with E-state index in [-0.39, 0.29) is 9.79 Å². The first-order valence-electron chi connectivity index (χ1n) is 14.0. The molecule has 4 rings (SSSR count). The molecule has 0 bridgehead atoms. The molecular weight excluding hydrogens is 598 g/mol. The Morgan fingerprint density at radius 1 is 0.477 bits per heavy atom. The summed E-state index contributed by atoms with van der Waals surface area (Å²) in [6.07, 6.45) is -10.6. The van der Waals surface area contributed by atoms with Gasteiger partial charge in [0.1, 0.15) is 0 Å². The molecule has 0 atom stereocenters. The van der Waals surface area contributed by atoms with Gasteiger partial charge in [0.25, 0.3) is 0 Å². The minimum absolute atomic E-state index is 0.143. The molecular formula is C35H34F6O2S. The van der Waals surface area contributed by atoms with Gasteiger partial charge < -0.3 is 0 Å². The van der Waals surface area contributed by atoms with Crippen molar-refractivity contribution >= 4 is 9.84 Å². The van der Waals surface area contributed by atoms with Gasteiger partial charge in [-0.25, -0.2) is 8.42 Å². The molecule has 4 aromatic rings. The molecule has 0 saturated carbocycles. The van der Waals surface area contributed by atoms with E-state index in [1.165, 1.54) is 32.0 Å². The summed E-state index contributed by atoms with van der Waals surface area (Å²) in [5.41, 5.74) is -0.775. The van der Waals surface area contributed by atoms with Crippen LogP contribution in [-0.4, -0.2) is 20.8 Å². The van der Waals surface area contributed by atoms with Crippen molar-refractivity contribution in [3.8, 4) is 0 Å². The largest absolute Gasteiger partial charge is 0.411 e. The third-order valence-corrected chi connectivity index (χ3v) is 10.4. The fourth-order valence-corrected chi connectivity index (χ4v) is 7.00. The summed E-state index contributed by atoms with van der Waals surface area (Å²) in [4.78, 5) is 0.336. The molecule has 4 aromatic carbocycles. The van der Waals surface area contributed by atoms with Gasteiger partial charge in [-0.05, 0) is 134 Å². The zero-order chi connectivity index (χ0) is 32.8. The number of alkyl halides is 6. The van der Waals surface area contributed by atoms with Gasteiger partial charge in [0.05, 0.1) is 9.79 Å². The van der Waals surface area contributed by atoms with E-state index in [4.69, 9.17) is 0 Å². The number of sulfone groups is 1. The Balaban J connectivity index is 1.66. The van der Waals surface area contributed by atoms with Crippen molar-refractivity contribution in [3.05, 3.63) is 128 Å². The molecule has 0 saturated heterocycles. The van der Waals surface area contributed by atoms with Gasteiger partial charge in [0.2, 0.25) is 15.3 Å². The number of benzene rings is 4. The third kappa shape index (κ3) is 5.91. The van der Waals surface area contributed by atoms with E-state index in [9.17, 15) is 34.8 Å². The highest BCUT2D eigenvalue weighted by molar-refractivity contribution is 7.91. The second kappa shape index (κ2) is 11.7. The average Bonchev–Trinajstić information content (AvgIpc) is 2.91. The molecule has 0 aliphatic carbocycles. The molecule has 0 radical (unpaired) electrons. The monoisotopic (exact) mass is 632 g/mol. The van der Waals surface area contributed by atoms with Crippen LogP contribution in [0.25, 0.3) is 0 Å². The number of rotatable bonds is 7. The van der Waals surface area contributed by atoms with Crippen molar-refractivity contribution in [2.45, 2.75) is 81.9 Å². The smallest absolute Gasteiger partial charge is 0.219 e. The van der Waals surface area contributed by atoms with E-state index < -0.39 is 38.7 Å². The maximum absolute atomic E-state index is 14.6. The highest BCUT2D eigenvalue weighted by Crippen LogP contribution is 2.56. The maximum Gasteiger partial charge on any atom is 0.411 e. The van der Waals surface area contributed by atoms with Crippen LogP contribution in [0.3, 0.4) is 0 Å². The Morgan fingerprint density at radius 3 is 1.27 bits per heavy atom. The van der Waals surface area contributed by atoms with Crippen molar-refractivity contribution < 1.29 is 34.8 Å². The van der Waals surface area contributed by atoms with Crippen LogP contribution in [0.2, 0.25) is 0 Å². The summed E-state index contributed by atoms with van der Waals surface area (Å²) in [6.45, 7) is 10.1. The molecule has 0 heterocycles. The molecule has 0 amide bonds. The summed E-state index contributed by atoms with van der Waals surface area (Å²) < 4.78 is 114. The van der Waals surface area contributed by atoms with Gasteiger partial charge in [-0.1, -0.05) is 48.5 Å². The zero-order valence-corrected chi connectivity index (χ0v) is 26.2. The molecule has 9 heteroatoms. The zero-order valence-electron chi connectivity index (χ0n) is 25.3. The topological polar surface area (TPSA) is 34.1 Å². The lowest BCUT2D eigenvalue weighted by atomic mass is 9.71. The summed E-state index contributed by atoms with van der Waals surface area (Å²) in [5, 5.41) is 0. The van der Waals surface area contributed by atoms with E-state index in [1.807, 2.05) is 13.8 Å². The second-order valence-electron chi connectivity index (χ2n) is 11.5. The molecule has 0 aliphatic rings. The van der Waals surface area contributed by atoms with E-state index >= 15 is 0 Å². The van der Waals surface area contributed by atoms with Gasteiger partial charge in [-0.2, -0.15) is 26.3 Å². The summed E-state index contributed by atoms with van der Waals surface area (Å²) in [7, 11) is -3.75. The van der Waals surface area contributed by atoms with Crippen molar-refractivity contribution in [3.63, 3.8) is 0 Å². The number of aryl methyl sites for hydroxylation is 8. The van der Waals surface area contributed by atoms with E-state index in [2.05, 4.69) is 0 Å². The third-order valence-electron chi connectivity index (χ3n) is 8.64. The Hall–Kier alpha value is -3.59. The highest BCUT2D eigenvalue weighted by atomic mass is 32.2. The Morgan fingerprint density at radius 2 is 0.841 bits per heavy atom. The van der Waals surface area contributed by atoms with Crippen LogP contribution in [0, 0.1) is 41.5 Å². The minimum atomic E-state index is -5.66. The van der Waals surface area contributed by atoms with Crippen LogP contribution < -0.4 is 0 Å². The van der Waals surface area contributed by atoms with Crippen molar-refractivity contribution in [2.24, 2.45) is 0 Å². The van der Waals surface area contributed by atoms with Crippen LogP contribution in [0.15, 0.2) is 82.6 Å². The fourth-order valence-electron chi connectivity index (χ4n) is 5.57. The molecule has 0 N–H and O–H groups in total. The molecule has 2 nitrogen and oxygen atoms in total.